The highest BCUT2D eigenvalue weighted by atomic mass is 16.5. The van der Waals surface area contributed by atoms with Crippen LogP contribution in [0, 0.1) is 6.92 Å². The van der Waals surface area contributed by atoms with Gasteiger partial charge in [-0.25, -0.2) is 9.97 Å². The molecule has 1 N–H and O–H groups in total. The lowest BCUT2D eigenvalue weighted by Crippen LogP contribution is -2.30. The fourth-order valence-corrected chi connectivity index (χ4v) is 2.76. The predicted molar refractivity (Wildman–Crippen MR) is 71.3 cm³/mol. The van der Waals surface area contributed by atoms with Gasteiger partial charge >= 0.3 is 0 Å². The third-order valence-electron chi connectivity index (χ3n) is 3.50. The van der Waals surface area contributed by atoms with Crippen molar-refractivity contribution < 1.29 is 4.74 Å². The summed E-state index contributed by atoms with van der Waals surface area (Å²) in [4.78, 5) is 9.32. The Morgan fingerprint density at radius 1 is 1.33 bits per heavy atom. The van der Waals surface area contributed by atoms with Crippen LogP contribution in [-0.2, 0) is 16.9 Å². The van der Waals surface area contributed by atoms with Crippen molar-refractivity contribution in [3.05, 3.63) is 23.3 Å². The zero-order valence-corrected chi connectivity index (χ0v) is 11.6. The van der Waals surface area contributed by atoms with E-state index in [1.165, 1.54) is 12.8 Å². The molecule has 0 aromatic carbocycles. The maximum atomic E-state index is 6.02. The molecule has 18 heavy (non-hydrogen) atoms. The van der Waals surface area contributed by atoms with E-state index in [-0.39, 0.29) is 5.60 Å². The molecule has 0 aliphatic heterocycles. The van der Waals surface area contributed by atoms with Crippen molar-refractivity contribution in [2.45, 2.75) is 51.7 Å². The van der Waals surface area contributed by atoms with Gasteiger partial charge in [0.25, 0.3) is 0 Å². The Hall–Kier alpha value is -1.00. The summed E-state index contributed by atoms with van der Waals surface area (Å²) < 4.78 is 6.02. The van der Waals surface area contributed by atoms with Gasteiger partial charge in [0.05, 0.1) is 5.69 Å². The first-order valence-electron chi connectivity index (χ1n) is 6.84. The van der Waals surface area contributed by atoms with Gasteiger partial charge in [-0.05, 0) is 52.6 Å². The summed E-state index contributed by atoms with van der Waals surface area (Å²) in [5.74, 6) is 0.882. The van der Waals surface area contributed by atoms with Crippen LogP contribution < -0.4 is 5.32 Å². The molecule has 0 unspecified atom stereocenters. The Morgan fingerprint density at radius 2 is 2.06 bits per heavy atom. The summed E-state index contributed by atoms with van der Waals surface area (Å²) in [6.07, 6.45) is 4.50. The van der Waals surface area contributed by atoms with Gasteiger partial charge in [-0.1, -0.05) is 0 Å². The summed E-state index contributed by atoms with van der Waals surface area (Å²) >= 11 is 0. The Kier molecular flexibility index (Phi) is 4.30. The van der Waals surface area contributed by atoms with Gasteiger partial charge in [0.2, 0.25) is 0 Å². The van der Waals surface area contributed by atoms with E-state index < -0.39 is 0 Å². The van der Waals surface area contributed by atoms with Gasteiger partial charge in [0.15, 0.2) is 5.82 Å². The molecule has 1 aromatic rings. The largest absolute Gasteiger partial charge is 0.367 e. The second kappa shape index (κ2) is 5.76. The molecule has 0 amide bonds. The zero-order valence-electron chi connectivity index (χ0n) is 11.6. The highest BCUT2D eigenvalue weighted by Gasteiger charge is 2.39. The molecule has 4 nitrogen and oxygen atoms in total. The number of nitrogens with zero attached hydrogens (tertiary/aromatic N) is 2. The molecular weight excluding hydrogens is 226 g/mol. The van der Waals surface area contributed by atoms with Crippen LogP contribution in [0.5, 0.6) is 0 Å². The molecule has 1 saturated carbocycles. The first-order chi connectivity index (χ1) is 8.70. The molecule has 0 bridgehead atoms. The van der Waals surface area contributed by atoms with Gasteiger partial charge in [0.1, 0.15) is 5.60 Å². The molecule has 0 radical (unpaired) electrons. The van der Waals surface area contributed by atoms with Crippen molar-refractivity contribution in [1.82, 2.24) is 15.3 Å². The number of nitrogens with one attached hydrogen (secondary N) is 1. The Bertz CT molecular complexity index is 400. The first kappa shape index (κ1) is 13.4. The smallest absolute Gasteiger partial charge is 0.160 e. The van der Waals surface area contributed by atoms with E-state index in [2.05, 4.69) is 10.3 Å². The molecule has 1 heterocycles. The average molecular weight is 249 g/mol. The fourth-order valence-electron chi connectivity index (χ4n) is 2.76. The van der Waals surface area contributed by atoms with E-state index in [0.717, 1.165) is 43.2 Å². The summed E-state index contributed by atoms with van der Waals surface area (Å²) in [5.41, 5.74) is 1.84. The third-order valence-corrected chi connectivity index (χ3v) is 3.50. The maximum Gasteiger partial charge on any atom is 0.160 e. The molecule has 1 aliphatic carbocycles. The summed E-state index contributed by atoms with van der Waals surface area (Å²) in [7, 11) is 1.94. The fraction of sp³-hybridized carbons (Fsp3) is 0.714. The van der Waals surface area contributed by atoms with Crippen molar-refractivity contribution in [3.8, 4) is 0 Å². The van der Waals surface area contributed by atoms with Crippen molar-refractivity contribution >= 4 is 0 Å². The predicted octanol–water partition coefficient (Wildman–Crippen LogP) is 2.31. The normalized spacial score (nSPS) is 18.2. The molecule has 0 saturated heterocycles. The van der Waals surface area contributed by atoms with Crippen molar-refractivity contribution in [2.24, 2.45) is 0 Å². The van der Waals surface area contributed by atoms with Crippen molar-refractivity contribution in [3.63, 3.8) is 0 Å². The monoisotopic (exact) mass is 249 g/mol. The lowest BCUT2D eigenvalue weighted by Gasteiger charge is -2.27. The van der Waals surface area contributed by atoms with E-state index in [0.29, 0.717) is 0 Å². The van der Waals surface area contributed by atoms with Crippen LogP contribution in [0.1, 0.15) is 49.8 Å². The Morgan fingerprint density at radius 3 is 2.67 bits per heavy atom. The van der Waals surface area contributed by atoms with E-state index in [4.69, 9.17) is 9.72 Å². The summed E-state index contributed by atoms with van der Waals surface area (Å²) in [6, 6.07) is 2.04. The number of rotatable bonds is 5. The topological polar surface area (TPSA) is 47.0 Å². The molecule has 0 atom stereocenters. The highest BCUT2D eigenvalue weighted by molar-refractivity contribution is 5.15. The van der Waals surface area contributed by atoms with Gasteiger partial charge in [0, 0.05) is 18.8 Å². The first-order valence-corrected chi connectivity index (χ1v) is 6.84. The summed E-state index contributed by atoms with van der Waals surface area (Å²) in [5, 5.41) is 3.14. The van der Waals surface area contributed by atoms with E-state index >= 15 is 0 Å². The van der Waals surface area contributed by atoms with Gasteiger partial charge < -0.3 is 10.1 Å². The minimum Gasteiger partial charge on any atom is -0.367 e. The molecule has 100 valence electrons. The molecular formula is C14H23N3O. The van der Waals surface area contributed by atoms with Gasteiger partial charge in [-0.3, -0.25) is 0 Å². The lowest BCUT2D eigenvalue weighted by molar-refractivity contribution is -0.0459. The van der Waals surface area contributed by atoms with Gasteiger partial charge in [-0.15, -0.1) is 0 Å². The van der Waals surface area contributed by atoms with Crippen LogP contribution in [0.25, 0.3) is 0 Å². The molecule has 1 aromatic heterocycles. The van der Waals surface area contributed by atoms with Crippen LogP contribution in [0.15, 0.2) is 6.07 Å². The standard InChI is InChI=1S/C14H23N3O/c1-4-18-14(7-5-6-8-14)13-16-11(2)9-12(17-13)10-15-3/h9,15H,4-8,10H2,1-3H3. The maximum absolute atomic E-state index is 6.02. The molecule has 1 fully saturated rings. The highest BCUT2D eigenvalue weighted by Crippen LogP contribution is 2.40. The number of aryl methyl sites for hydroxylation is 1. The average Bonchev–Trinajstić information content (AvgIpc) is 2.79. The second-order valence-corrected chi connectivity index (χ2v) is 4.99. The molecule has 4 heteroatoms. The zero-order chi connectivity index (χ0) is 13.0. The number of hydrogen-bond donors (Lipinski definition) is 1. The number of ether oxygens (including phenoxy) is 1. The number of hydrogen-bond acceptors (Lipinski definition) is 4. The Balaban J connectivity index is 2.34. The van der Waals surface area contributed by atoms with E-state index in [1.807, 2.05) is 27.0 Å². The van der Waals surface area contributed by atoms with Crippen LogP contribution in [-0.4, -0.2) is 23.6 Å². The molecule has 1 aliphatic rings. The Labute approximate surface area is 109 Å². The van der Waals surface area contributed by atoms with E-state index in [1.54, 1.807) is 0 Å². The minimum absolute atomic E-state index is 0.233. The SMILES string of the molecule is CCOC1(c2nc(C)cc(CNC)n2)CCCC1. The third kappa shape index (κ3) is 2.70. The molecule has 2 rings (SSSR count). The summed E-state index contributed by atoms with van der Waals surface area (Å²) in [6.45, 7) is 5.57. The van der Waals surface area contributed by atoms with Crippen molar-refractivity contribution in [2.75, 3.05) is 13.7 Å². The van der Waals surface area contributed by atoms with Gasteiger partial charge in [-0.2, -0.15) is 0 Å². The minimum atomic E-state index is -0.233. The van der Waals surface area contributed by atoms with Crippen molar-refractivity contribution in [1.29, 1.82) is 0 Å². The quantitative estimate of drug-likeness (QED) is 0.870. The van der Waals surface area contributed by atoms with Crippen LogP contribution >= 0.6 is 0 Å². The van der Waals surface area contributed by atoms with Crippen LogP contribution in [0.4, 0.5) is 0 Å². The van der Waals surface area contributed by atoms with Crippen LogP contribution in [0.3, 0.4) is 0 Å². The molecule has 0 spiro atoms. The van der Waals surface area contributed by atoms with Crippen LogP contribution in [0.2, 0.25) is 0 Å². The number of aromatic nitrogens is 2. The van der Waals surface area contributed by atoms with E-state index in [9.17, 15) is 0 Å². The second-order valence-electron chi connectivity index (χ2n) is 4.99. The lowest BCUT2D eigenvalue weighted by atomic mass is 10.0.